The first kappa shape index (κ1) is 17.5. The molecule has 0 aliphatic heterocycles. The van der Waals surface area contributed by atoms with E-state index in [1.165, 1.54) is 19.2 Å². The third kappa shape index (κ3) is 4.81. The summed E-state index contributed by atoms with van der Waals surface area (Å²) in [5.41, 5.74) is 2.12. The number of benzene rings is 2. The summed E-state index contributed by atoms with van der Waals surface area (Å²) < 4.78 is 17.5. The predicted molar refractivity (Wildman–Crippen MR) is 88.0 cm³/mol. The molecule has 1 unspecified atom stereocenters. The molecule has 0 heterocycles. The number of hydrogen-bond donors (Lipinski definition) is 2. The molecule has 0 aliphatic carbocycles. The molecule has 0 saturated carbocycles. The van der Waals surface area contributed by atoms with Crippen LogP contribution in [-0.4, -0.2) is 19.1 Å². The molecule has 5 nitrogen and oxygen atoms in total. The van der Waals surface area contributed by atoms with Crippen LogP contribution in [0.4, 0.5) is 9.18 Å². The number of urea groups is 1. The van der Waals surface area contributed by atoms with Crippen molar-refractivity contribution < 1.29 is 18.7 Å². The standard InChI is InChI=1S/C18H19FN2O3/c1-12(14-7-9-16(19)10-8-14)21-18(23)20-11-13-3-5-15(6-4-13)17(22)24-2/h3-10,12H,11H2,1-2H3,(H2,20,21,23). The van der Waals surface area contributed by atoms with E-state index < -0.39 is 5.97 Å². The zero-order chi connectivity index (χ0) is 17.5. The van der Waals surface area contributed by atoms with Gasteiger partial charge in [-0.1, -0.05) is 24.3 Å². The number of methoxy groups -OCH3 is 1. The van der Waals surface area contributed by atoms with Crippen molar-refractivity contribution in [3.63, 3.8) is 0 Å². The molecule has 1 atom stereocenters. The van der Waals surface area contributed by atoms with E-state index in [1.807, 2.05) is 6.92 Å². The number of carbonyl (C=O) groups is 2. The van der Waals surface area contributed by atoms with Crippen LogP contribution in [-0.2, 0) is 11.3 Å². The molecule has 2 aromatic rings. The Labute approximate surface area is 139 Å². The first-order chi connectivity index (χ1) is 11.5. The van der Waals surface area contributed by atoms with Gasteiger partial charge in [-0.2, -0.15) is 0 Å². The van der Waals surface area contributed by atoms with Gasteiger partial charge in [0.05, 0.1) is 18.7 Å². The second-order valence-electron chi connectivity index (χ2n) is 5.29. The average Bonchev–Trinajstić information content (AvgIpc) is 2.60. The summed E-state index contributed by atoms with van der Waals surface area (Å²) in [5, 5.41) is 5.51. The number of esters is 1. The molecule has 0 aromatic heterocycles. The van der Waals surface area contributed by atoms with Crippen LogP contribution in [0.15, 0.2) is 48.5 Å². The van der Waals surface area contributed by atoms with Crippen molar-refractivity contribution in [3.05, 3.63) is 71.0 Å². The van der Waals surface area contributed by atoms with E-state index in [2.05, 4.69) is 15.4 Å². The normalized spacial score (nSPS) is 11.5. The minimum atomic E-state index is -0.402. The van der Waals surface area contributed by atoms with Crippen molar-refractivity contribution in [2.24, 2.45) is 0 Å². The SMILES string of the molecule is COC(=O)c1ccc(CNC(=O)NC(C)c2ccc(F)cc2)cc1. The number of amides is 2. The van der Waals surface area contributed by atoms with Crippen LogP contribution in [0.5, 0.6) is 0 Å². The van der Waals surface area contributed by atoms with Crippen molar-refractivity contribution in [1.29, 1.82) is 0 Å². The van der Waals surface area contributed by atoms with Crippen LogP contribution >= 0.6 is 0 Å². The lowest BCUT2D eigenvalue weighted by molar-refractivity contribution is 0.0600. The van der Waals surface area contributed by atoms with Gasteiger partial charge >= 0.3 is 12.0 Å². The Morgan fingerprint density at radius 2 is 1.71 bits per heavy atom. The minimum absolute atomic E-state index is 0.243. The van der Waals surface area contributed by atoms with Gasteiger partial charge in [-0.25, -0.2) is 14.0 Å². The van der Waals surface area contributed by atoms with E-state index in [0.717, 1.165) is 11.1 Å². The third-order valence-electron chi connectivity index (χ3n) is 3.55. The highest BCUT2D eigenvalue weighted by atomic mass is 19.1. The lowest BCUT2D eigenvalue weighted by Gasteiger charge is -2.15. The number of hydrogen-bond acceptors (Lipinski definition) is 3. The fourth-order valence-electron chi connectivity index (χ4n) is 2.14. The summed E-state index contributed by atoms with van der Waals surface area (Å²) in [6, 6.07) is 12.2. The monoisotopic (exact) mass is 330 g/mol. The van der Waals surface area contributed by atoms with Crippen LogP contribution in [0.3, 0.4) is 0 Å². The second-order valence-corrected chi connectivity index (χ2v) is 5.29. The van der Waals surface area contributed by atoms with Gasteiger partial charge in [0.15, 0.2) is 0 Å². The predicted octanol–water partition coefficient (Wildman–Crippen LogP) is 3.17. The maximum Gasteiger partial charge on any atom is 0.337 e. The van der Waals surface area contributed by atoms with Gasteiger partial charge in [0.1, 0.15) is 5.82 Å². The number of halogens is 1. The Bertz CT molecular complexity index is 699. The third-order valence-corrected chi connectivity index (χ3v) is 3.55. The average molecular weight is 330 g/mol. The van der Waals surface area contributed by atoms with Crippen molar-refractivity contribution in [2.75, 3.05) is 7.11 Å². The van der Waals surface area contributed by atoms with E-state index >= 15 is 0 Å². The molecule has 2 aromatic carbocycles. The van der Waals surface area contributed by atoms with Gasteiger partial charge in [-0.3, -0.25) is 0 Å². The lowest BCUT2D eigenvalue weighted by atomic mass is 10.1. The molecule has 0 radical (unpaired) electrons. The Morgan fingerprint density at radius 3 is 2.29 bits per heavy atom. The van der Waals surface area contributed by atoms with Gasteiger partial charge in [0.2, 0.25) is 0 Å². The molecular weight excluding hydrogens is 311 g/mol. The maximum atomic E-state index is 12.9. The summed E-state index contributed by atoms with van der Waals surface area (Å²) in [6.45, 7) is 2.14. The van der Waals surface area contributed by atoms with Crippen molar-refractivity contribution >= 4 is 12.0 Å². The molecule has 2 amide bonds. The molecule has 0 spiro atoms. The largest absolute Gasteiger partial charge is 0.465 e. The second kappa shape index (κ2) is 8.10. The van der Waals surface area contributed by atoms with Crippen LogP contribution < -0.4 is 10.6 Å². The highest BCUT2D eigenvalue weighted by Gasteiger charge is 2.09. The number of carbonyl (C=O) groups excluding carboxylic acids is 2. The van der Waals surface area contributed by atoms with Gasteiger partial charge in [-0.05, 0) is 42.3 Å². The van der Waals surface area contributed by atoms with E-state index in [-0.39, 0.29) is 17.9 Å². The zero-order valence-corrected chi connectivity index (χ0v) is 13.5. The summed E-state index contributed by atoms with van der Waals surface area (Å²) in [7, 11) is 1.32. The van der Waals surface area contributed by atoms with Crippen molar-refractivity contribution in [1.82, 2.24) is 10.6 Å². The molecule has 6 heteroatoms. The molecule has 2 rings (SSSR count). The zero-order valence-electron chi connectivity index (χ0n) is 13.5. The summed E-state index contributed by atoms with van der Waals surface area (Å²) in [4.78, 5) is 23.3. The number of rotatable bonds is 5. The van der Waals surface area contributed by atoms with Gasteiger partial charge in [-0.15, -0.1) is 0 Å². The number of ether oxygens (including phenoxy) is 1. The van der Waals surface area contributed by atoms with E-state index in [0.29, 0.717) is 12.1 Å². The topological polar surface area (TPSA) is 67.4 Å². The van der Waals surface area contributed by atoms with Gasteiger partial charge < -0.3 is 15.4 Å². The molecule has 0 bridgehead atoms. The first-order valence-electron chi connectivity index (χ1n) is 7.46. The maximum absolute atomic E-state index is 12.9. The summed E-state index contributed by atoms with van der Waals surface area (Å²) in [5.74, 6) is -0.717. The molecule has 0 aliphatic rings. The molecule has 0 saturated heterocycles. The Hall–Kier alpha value is -2.89. The van der Waals surface area contributed by atoms with Crippen LogP contribution in [0, 0.1) is 5.82 Å². The fraction of sp³-hybridized carbons (Fsp3) is 0.222. The van der Waals surface area contributed by atoms with E-state index in [9.17, 15) is 14.0 Å². The number of nitrogens with one attached hydrogen (secondary N) is 2. The van der Waals surface area contributed by atoms with E-state index in [1.54, 1.807) is 36.4 Å². The van der Waals surface area contributed by atoms with Gasteiger partial charge in [0, 0.05) is 6.54 Å². The Morgan fingerprint density at radius 1 is 1.08 bits per heavy atom. The highest BCUT2D eigenvalue weighted by Crippen LogP contribution is 2.12. The summed E-state index contributed by atoms with van der Waals surface area (Å²) >= 11 is 0. The van der Waals surface area contributed by atoms with Crippen LogP contribution in [0.25, 0.3) is 0 Å². The molecule has 126 valence electrons. The van der Waals surface area contributed by atoms with Crippen molar-refractivity contribution in [3.8, 4) is 0 Å². The van der Waals surface area contributed by atoms with Gasteiger partial charge in [0.25, 0.3) is 0 Å². The summed E-state index contributed by atoms with van der Waals surface area (Å²) in [6.07, 6.45) is 0. The first-order valence-corrected chi connectivity index (χ1v) is 7.46. The van der Waals surface area contributed by atoms with Crippen LogP contribution in [0.2, 0.25) is 0 Å². The van der Waals surface area contributed by atoms with E-state index in [4.69, 9.17) is 0 Å². The smallest absolute Gasteiger partial charge is 0.337 e. The highest BCUT2D eigenvalue weighted by molar-refractivity contribution is 5.89. The lowest BCUT2D eigenvalue weighted by Crippen LogP contribution is -2.36. The fourth-order valence-corrected chi connectivity index (χ4v) is 2.14. The van der Waals surface area contributed by atoms with Crippen LogP contribution in [0.1, 0.15) is 34.5 Å². The molecule has 2 N–H and O–H groups in total. The molecule has 24 heavy (non-hydrogen) atoms. The quantitative estimate of drug-likeness (QED) is 0.828. The minimum Gasteiger partial charge on any atom is -0.465 e. The Kier molecular flexibility index (Phi) is 5.89. The Balaban J connectivity index is 1.84. The van der Waals surface area contributed by atoms with Crippen molar-refractivity contribution in [2.45, 2.75) is 19.5 Å². The molecular formula is C18H19FN2O3. The molecule has 0 fully saturated rings.